The highest BCUT2D eigenvalue weighted by Crippen LogP contribution is 2.42. The van der Waals surface area contributed by atoms with Crippen LogP contribution in [0.1, 0.15) is 88.6 Å². The third-order valence-corrected chi connectivity index (χ3v) is 9.84. The van der Waals surface area contributed by atoms with Crippen LogP contribution in [0.25, 0.3) is 0 Å². The summed E-state index contributed by atoms with van der Waals surface area (Å²) in [5.41, 5.74) is 2.56. The van der Waals surface area contributed by atoms with Crippen LogP contribution in [-0.2, 0) is 36.8 Å². The lowest BCUT2D eigenvalue weighted by Crippen LogP contribution is -2.49. The molecule has 49 heavy (non-hydrogen) atoms. The number of nitrogens with zero attached hydrogens (tertiary/aromatic N) is 3. The number of benzene rings is 2. The maximum Gasteiger partial charge on any atom is 0.252 e. The molecule has 0 spiro atoms. The molecule has 0 radical (unpaired) electrons. The number of nitrogens with one attached hydrogen (secondary N) is 2. The summed E-state index contributed by atoms with van der Waals surface area (Å²) >= 11 is 0. The SMILES string of the molecule is CCCC(=O)N1C(Cc2cccnc2)C(=O)N(c2ccc(CC(NC(=O)C3(CCNC(C)=O)CCCC3)C(C)=O)cc2)C1c1ccccc1. The zero-order valence-corrected chi connectivity index (χ0v) is 28.7. The van der Waals surface area contributed by atoms with Gasteiger partial charge in [0.1, 0.15) is 12.2 Å². The molecule has 3 unspecified atom stereocenters. The molecule has 258 valence electrons. The molecule has 2 aliphatic rings. The molecule has 2 fully saturated rings. The van der Waals surface area contributed by atoms with Gasteiger partial charge in [0.05, 0.1) is 11.5 Å². The zero-order valence-electron chi connectivity index (χ0n) is 28.7. The molecule has 2 N–H and O–H groups in total. The lowest BCUT2D eigenvalue weighted by atomic mass is 9.81. The van der Waals surface area contributed by atoms with E-state index in [9.17, 15) is 24.0 Å². The topological polar surface area (TPSA) is 129 Å². The fourth-order valence-corrected chi connectivity index (χ4v) is 7.24. The molecular formula is C39H47N5O5. The Morgan fingerprint density at radius 1 is 0.939 bits per heavy atom. The molecule has 1 aliphatic carbocycles. The third kappa shape index (κ3) is 8.24. The first-order valence-electron chi connectivity index (χ1n) is 17.4. The Morgan fingerprint density at radius 2 is 1.65 bits per heavy atom. The Labute approximate surface area is 288 Å². The first kappa shape index (κ1) is 35.4. The van der Waals surface area contributed by atoms with Gasteiger partial charge in [-0.2, -0.15) is 0 Å². The van der Waals surface area contributed by atoms with E-state index < -0.39 is 23.7 Å². The Bertz CT molecular complexity index is 1620. The number of pyridine rings is 1. The number of rotatable bonds is 14. The molecule has 3 aromatic rings. The monoisotopic (exact) mass is 665 g/mol. The van der Waals surface area contributed by atoms with Crippen LogP contribution in [0.15, 0.2) is 79.1 Å². The second-order valence-corrected chi connectivity index (χ2v) is 13.4. The van der Waals surface area contributed by atoms with Crippen molar-refractivity contribution in [2.75, 3.05) is 11.4 Å². The number of Topliss-reactive ketones (excluding diaryl/α,β-unsaturated/α-hetero) is 1. The average Bonchev–Trinajstić information content (AvgIpc) is 3.69. The summed E-state index contributed by atoms with van der Waals surface area (Å²) in [6.07, 6.45) is 8.24. The molecule has 1 aliphatic heterocycles. The summed E-state index contributed by atoms with van der Waals surface area (Å²) in [6.45, 7) is 5.31. The van der Waals surface area contributed by atoms with Crippen molar-refractivity contribution in [3.8, 4) is 0 Å². The van der Waals surface area contributed by atoms with E-state index in [1.165, 1.54) is 13.8 Å². The van der Waals surface area contributed by atoms with Crippen molar-refractivity contribution in [2.24, 2.45) is 5.41 Å². The quantitative estimate of drug-likeness (QED) is 0.248. The number of amides is 4. The van der Waals surface area contributed by atoms with E-state index in [-0.39, 0.29) is 29.4 Å². The van der Waals surface area contributed by atoms with E-state index in [0.29, 0.717) is 44.3 Å². The number of carbonyl (C=O) groups is 5. The number of anilines is 1. The molecule has 1 aromatic heterocycles. The average molecular weight is 666 g/mol. The van der Waals surface area contributed by atoms with Gasteiger partial charge in [-0.1, -0.05) is 68.3 Å². The van der Waals surface area contributed by atoms with Gasteiger partial charge in [-0.05, 0) is 73.9 Å². The number of carbonyl (C=O) groups excluding carboxylic acids is 5. The van der Waals surface area contributed by atoms with Gasteiger partial charge in [-0.3, -0.25) is 33.9 Å². The molecule has 5 rings (SSSR count). The van der Waals surface area contributed by atoms with E-state index in [4.69, 9.17) is 0 Å². The smallest absolute Gasteiger partial charge is 0.252 e. The summed E-state index contributed by atoms with van der Waals surface area (Å²) in [7, 11) is 0. The van der Waals surface area contributed by atoms with Gasteiger partial charge in [0.15, 0.2) is 5.78 Å². The van der Waals surface area contributed by atoms with E-state index in [2.05, 4.69) is 15.6 Å². The zero-order chi connectivity index (χ0) is 35.0. The van der Waals surface area contributed by atoms with Crippen LogP contribution in [0, 0.1) is 5.41 Å². The maximum absolute atomic E-state index is 14.4. The van der Waals surface area contributed by atoms with Crippen molar-refractivity contribution in [1.29, 1.82) is 0 Å². The van der Waals surface area contributed by atoms with Crippen molar-refractivity contribution >= 4 is 35.1 Å². The highest BCUT2D eigenvalue weighted by molar-refractivity contribution is 6.03. The van der Waals surface area contributed by atoms with Crippen molar-refractivity contribution in [2.45, 2.75) is 96.8 Å². The normalized spacial score (nSPS) is 19.0. The first-order chi connectivity index (χ1) is 23.6. The molecule has 2 aromatic carbocycles. The minimum atomic E-state index is -0.715. The van der Waals surface area contributed by atoms with Crippen molar-refractivity contribution < 1.29 is 24.0 Å². The summed E-state index contributed by atoms with van der Waals surface area (Å²) in [4.78, 5) is 73.6. The largest absolute Gasteiger partial charge is 0.356 e. The second kappa shape index (κ2) is 16.0. The van der Waals surface area contributed by atoms with Crippen LogP contribution in [0.4, 0.5) is 5.69 Å². The Hall–Kier alpha value is -4.86. The van der Waals surface area contributed by atoms with Gasteiger partial charge < -0.3 is 15.5 Å². The van der Waals surface area contributed by atoms with Crippen molar-refractivity contribution in [3.05, 3.63) is 95.8 Å². The molecule has 3 atom stereocenters. The van der Waals surface area contributed by atoms with Gasteiger partial charge in [0, 0.05) is 44.4 Å². The second-order valence-electron chi connectivity index (χ2n) is 13.4. The minimum absolute atomic E-state index is 0.0881. The number of ketones is 1. The van der Waals surface area contributed by atoms with Crippen LogP contribution >= 0.6 is 0 Å². The van der Waals surface area contributed by atoms with Gasteiger partial charge >= 0.3 is 0 Å². The number of hydrogen-bond donors (Lipinski definition) is 2. The van der Waals surface area contributed by atoms with Gasteiger partial charge in [0.25, 0.3) is 5.91 Å². The molecule has 10 nitrogen and oxygen atoms in total. The van der Waals surface area contributed by atoms with Crippen LogP contribution in [0.3, 0.4) is 0 Å². The predicted octanol–water partition coefficient (Wildman–Crippen LogP) is 5.07. The first-order valence-corrected chi connectivity index (χ1v) is 17.4. The number of hydrogen-bond acceptors (Lipinski definition) is 6. The van der Waals surface area contributed by atoms with Gasteiger partial charge in [-0.25, -0.2) is 0 Å². The lowest BCUT2D eigenvalue weighted by molar-refractivity contribution is -0.136. The Balaban J connectivity index is 1.40. The predicted molar refractivity (Wildman–Crippen MR) is 187 cm³/mol. The van der Waals surface area contributed by atoms with Crippen LogP contribution in [0.2, 0.25) is 0 Å². The summed E-state index contributed by atoms with van der Waals surface area (Å²) < 4.78 is 0. The third-order valence-electron chi connectivity index (χ3n) is 9.84. The van der Waals surface area contributed by atoms with E-state index in [1.807, 2.05) is 73.7 Å². The molecule has 10 heteroatoms. The van der Waals surface area contributed by atoms with Crippen LogP contribution in [0.5, 0.6) is 0 Å². The fraction of sp³-hybridized carbons (Fsp3) is 0.436. The lowest BCUT2D eigenvalue weighted by Gasteiger charge is -2.32. The van der Waals surface area contributed by atoms with E-state index >= 15 is 0 Å². The molecule has 1 saturated heterocycles. The molecule has 2 heterocycles. The highest BCUT2D eigenvalue weighted by Gasteiger charge is 2.49. The summed E-state index contributed by atoms with van der Waals surface area (Å²) in [6, 6.07) is 19.4. The fourth-order valence-electron chi connectivity index (χ4n) is 7.24. The molecule has 0 bridgehead atoms. The van der Waals surface area contributed by atoms with Gasteiger partial charge in [0.2, 0.25) is 17.7 Å². The molecule has 1 saturated carbocycles. The van der Waals surface area contributed by atoms with E-state index in [1.54, 1.807) is 22.2 Å². The highest BCUT2D eigenvalue weighted by atomic mass is 16.2. The summed E-state index contributed by atoms with van der Waals surface area (Å²) in [5, 5.41) is 5.84. The van der Waals surface area contributed by atoms with Crippen molar-refractivity contribution in [1.82, 2.24) is 20.5 Å². The van der Waals surface area contributed by atoms with Crippen LogP contribution < -0.4 is 15.5 Å². The number of aromatic nitrogens is 1. The van der Waals surface area contributed by atoms with Gasteiger partial charge in [-0.15, -0.1) is 0 Å². The standard InChI is InChI=1S/C39H47N5O5/c1-4-11-35(47)44-34(25-30-12-10-22-40-26-30)37(48)43(36(44)31-13-6-5-7-14-31)32-17-15-29(16-18-32)24-33(27(2)45)42-38(49)39(19-8-9-20-39)21-23-41-28(3)46/h5-7,10,12-18,22,26,33-34,36H,4,8-9,11,19-21,23-25H2,1-3H3,(H,41,46)(H,42,49). The van der Waals surface area contributed by atoms with Crippen molar-refractivity contribution in [3.63, 3.8) is 0 Å². The Kier molecular flexibility index (Phi) is 11.6. The molecular weight excluding hydrogens is 618 g/mol. The minimum Gasteiger partial charge on any atom is -0.356 e. The van der Waals surface area contributed by atoms with Crippen LogP contribution in [-0.4, -0.2) is 57.9 Å². The maximum atomic E-state index is 14.4. The summed E-state index contributed by atoms with van der Waals surface area (Å²) in [5.74, 6) is -0.681. The molecule has 4 amide bonds. The van der Waals surface area contributed by atoms with E-state index in [0.717, 1.165) is 42.4 Å². The Morgan fingerprint density at radius 3 is 2.27 bits per heavy atom.